The third-order valence-corrected chi connectivity index (χ3v) is 6.58. The molecule has 10 heteroatoms. The quantitative estimate of drug-likeness (QED) is 0.539. The van der Waals surface area contributed by atoms with E-state index < -0.39 is 21.7 Å². The number of hydrogen-bond acceptors (Lipinski definition) is 5. The molecule has 1 aliphatic rings. The molecule has 0 aliphatic heterocycles. The second-order valence-corrected chi connectivity index (χ2v) is 9.82. The van der Waals surface area contributed by atoms with Gasteiger partial charge in [0.05, 0.1) is 0 Å². The molecule has 1 aliphatic carbocycles. The zero-order chi connectivity index (χ0) is 22.3. The Morgan fingerprint density at radius 3 is 2.61 bits per heavy atom. The molecule has 0 bridgehead atoms. The Bertz CT molecular complexity index is 983. The molecule has 3 rings (SSSR count). The van der Waals surface area contributed by atoms with Crippen molar-refractivity contribution in [2.45, 2.75) is 51.7 Å². The molecule has 0 unspecified atom stereocenters. The SMILES string of the molecule is CC1CCC(NS(=O)(=O)CC(=O)NCc2cccc(NC(=O)Cn3cccn3)c2)CC1. The number of hydrogen-bond donors (Lipinski definition) is 3. The van der Waals surface area contributed by atoms with Gasteiger partial charge >= 0.3 is 0 Å². The van der Waals surface area contributed by atoms with E-state index in [0.29, 0.717) is 11.6 Å². The Kier molecular flexibility index (Phi) is 7.80. The first kappa shape index (κ1) is 23.0. The fourth-order valence-corrected chi connectivity index (χ4v) is 4.87. The van der Waals surface area contributed by atoms with Crippen LogP contribution in [0.4, 0.5) is 5.69 Å². The highest BCUT2D eigenvalue weighted by molar-refractivity contribution is 7.90. The average molecular weight is 448 g/mol. The minimum absolute atomic E-state index is 0.0870. The van der Waals surface area contributed by atoms with Gasteiger partial charge in [-0.15, -0.1) is 0 Å². The van der Waals surface area contributed by atoms with Gasteiger partial charge in [0, 0.05) is 30.7 Å². The molecule has 9 nitrogen and oxygen atoms in total. The number of carbonyl (C=O) groups excluding carboxylic acids is 2. The molecule has 31 heavy (non-hydrogen) atoms. The molecule has 1 aromatic carbocycles. The molecule has 3 N–H and O–H groups in total. The standard InChI is InChI=1S/C21H29N5O4S/c1-16-6-8-18(9-7-16)25-31(29,30)15-21(28)22-13-17-4-2-5-19(12-17)24-20(27)14-26-11-3-10-23-26/h2-5,10-12,16,18,25H,6-9,13-15H2,1H3,(H,22,28)(H,24,27). The van der Waals surface area contributed by atoms with Gasteiger partial charge < -0.3 is 10.6 Å². The van der Waals surface area contributed by atoms with Crippen molar-refractivity contribution < 1.29 is 18.0 Å². The minimum atomic E-state index is -3.68. The molecule has 1 aromatic heterocycles. The lowest BCUT2D eigenvalue weighted by Gasteiger charge is -2.26. The molecule has 0 saturated heterocycles. The van der Waals surface area contributed by atoms with Crippen LogP contribution < -0.4 is 15.4 Å². The summed E-state index contributed by atoms with van der Waals surface area (Å²) in [5.41, 5.74) is 1.33. The summed E-state index contributed by atoms with van der Waals surface area (Å²) < 4.78 is 28.7. The summed E-state index contributed by atoms with van der Waals surface area (Å²) in [6.07, 6.45) is 6.90. The predicted molar refractivity (Wildman–Crippen MR) is 117 cm³/mol. The third-order valence-electron chi connectivity index (χ3n) is 5.25. The topological polar surface area (TPSA) is 122 Å². The number of nitrogens with zero attached hydrogens (tertiary/aromatic N) is 2. The predicted octanol–water partition coefficient (Wildman–Crippen LogP) is 1.64. The van der Waals surface area contributed by atoms with Crippen LogP contribution in [0.15, 0.2) is 42.7 Å². The lowest BCUT2D eigenvalue weighted by Crippen LogP contribution is -2.42. The number of rotatable bonds is 9. The van der Waals surface area contributed by atoms with Gasteiger partial charge in [-0.05, 0) is 55.4 Å². The summed E-state index contributed by atoms with van der Waals surface area (Å²) in [5.74, 6) is -0.765. The van der Waals surface area contributed by atoms with Gasteiger partial charge in [0.25, 0.3) is 0 Å². The maximum absolute atomic E-state index is 12.3. The molecule has 0 radical (unpaired) electrons. The second-order valence-electron chi connectivity index (χ2n) is 8.06. The molecule has 1 saturated carbocycles. The van der Waals surface area contributed by atoms with Crippen molar-refractivity contribution in [3.05, 3.63) is 48.3 Å². The normalized spacial score (nSPS) is 19.0. The molecule has 2 aromatic rings. The zero-order valence-corrected chi connectivity index (χ0v) is 18.4. The van der Waals surface area contributed by atoms with Gasteiger partial charge in [-0.3, -0.25) is 14.3 Å². The number of sulfonamides is 1. The molecule has 1 fully saturated rings. The molecular formula is C21H29N5O4S. The fourth-order valence-electron chi connectivity index (χ4n) is 3.60. The van der Waals surface area contributed by atoms with Gasteiger partial charge in [0.2, 0.25) is 21.8 Å². The van der Waals surface area contributed by atoms with Gasteiger partial charge in [-0.1, -0.05) is 19.1 Å². The van der Waals surface area contributed by atoms with E-state index in [-0.39, 0.29) is 25.0 Å². The number of aromatic nitrogens is 2. The highest BCUT2D eigenvalue weighted by atomic mass is 32.2. The molecular weight excluding hydrogens is 418 g/mol. The average Bonchev–Trinajstić information content (AvgIpc) is 3.21. The molecule has 0 spiro atoms. The smallest absolute Gasteiger partial charge is 0.246 e. The highest BCUT2D eigenvalue weighted by Crippen LogP contribution is 2.23. The van der Waals surface area contributed by atoms with E-state index in [9.17, 15) is 18.0 Å². The van der Waals surface area contributed by atoms with E-state index in [1.54, 1.807) is 42.7 Å². The maximum Gasteiger partial charge on any atom is 0.246 e. The van der Waals surface area contributed by atoms with Gasteiger partial charge in [-0.2, -0.15) is 5.10 Å². The van der Waals surface area contributed by atoms with E-state index in [4.69, 9.17) is 0 Å². The Labute approximate surface area is 182 Å². The molecule has 168 valence electrons. The van der Waals surface area contributed by atoms with E-state index >= 15 is 0 Å². The summed E-state index contributed by atoms with van der Waals surface area (Å²) in [6, 6.07) is 8.67. The Morgan fingerprint density at radius 2 is 1.90 bits per heavy atom. The number of nitrogens with one attached hydrogen (secondary N) is 3. The second kappa shape index (κ2) is 10.5. The largest absolute Gasteiger partial charge is 0.351 e. The van der Waals surface area contributed by atoms with Crippen molar-refractivity contribution in [3.63, 3.8) is 0 Å². The van der Waals surface area contributed by atoms with E-state index in [2.05, 4.69) is 27.4 Å². The summed E-state index contributed by atoms with van der Waals surface area (Å²) in [4.78, 5) is 24.2. The van der Waals surface area contributed by atoms with Crippen LogP contribution in [-0.2, 0) is 32.7 Å². The number of amides is 2. The molecule has 1 heterocycles. The lowest BCUT2D eigenvalue weighted by atomic mass is 9.88. The van der Waals surface area contributed by atoms with Crippen LogP contribution >= 0.6 is 0 Å². The van der Waals surface area contributed by atoms with Crippen LogP contribution in [0.5, 0.6) is 0 Å². The minimum Gasteiger partial charge on any atom is -0.351 e. The number of anilines is 1. The van der Waals surface area contributed by atoms with Crippen LogP contribution in [0.2, 0.25) is 0 Å². The summed E-state index contributed by atoms with van der Waals surface area (Å²) in [6.45, 7) is 2.43. The van der Waals surface area contributed by atoms with Crippen LogP contribution in [0.3, 0.4) is 0 Å². The van der Waals surface area contributed by atoms with Crippen molar-refractivity contribution in [2.24, 2.45) is 5.92 Å². The Balaban J connectivity index is 1.45. The van der Waals surface area contributed by atoms with E-state index in [0.717, 1.165) is 31.2 Å². The first-order chi connectivity index (χ1) is 14.8. The molecule has 2 amide bonds. The zero-order valence-electron chi connectivity index (χ0n) is 17.6. The van der Waals surface area contributed by atoms with Crippen LogP contribution in [-0.4, -0.2) is 41.8 Å². The fraction of sp³-hybridized carbons (Fsp3) is 0.476. The first-order valence-corrected chi connectivity index (χ1v) is 12.1. The van der Waals surface area contributed by atoms with Crippen LogP contribution in [0.25, 0.3) is 0 Å². The summed E-state index contributed by atoms with van der Waals surface area (Å²) in [7, 11) is -3.68. The van der Waals surface area contributed by atoms with E-state index in [1.807, 2.05) is 0 Å². The van der Waals surface area contributed by atoms with Crippen molar-refractivity contribution in [2.75, 3.05) is 11.1 Å². The maximum atomic E-state index is 12.3. The lowest BCUT2D eigenvalue weighted by molar-refractivity contribution is -0.119. The Morgan fingerprint density at radius 1 is 1.13 bits per heavy atom. The Hall–Kier alpha value is -2.72. The monoisotopic (exact) mass is 447 g/mol. The van der Waals surface area contributed by atoms with Gasteiger partial charge in [-0.25, -0.2) is 13.1 Å². The van der Waals surface area contributed by atoms with Gasteiger partial charge in [0.15, 0.2) is 0 Å². The van der Waals surface area contributed by atoms with E-state index in [1.165, 1.54) is 4.68 Å². The number of benzene rings is 1. The first-order valence-electron chi connectivity index (χ1n) is 10.4. The van der Waals surface area contributed by atoms with Gasteiger partial charge in [0.1, 0.15) is 12.3 Å². The molecule has 0 atom stereocenters. The van der Waals surface area contributed by atoms with Crippen molar-refractivity contribution in [3.8, 4) is 0 Å². The highest BCUT2D eigenvalue weighted by Gasteiger charge is 2.24. The van der Waals surface area contributed by atoms with Crippen molar-refractivity contribution in [1.29, 1.82) is 0 Å². The summed E-state index contributed by atoms with van der Waals surface area (Å²) in [5, 5.41) is 9.40. The summed E-state index contributed by atoms with van der Waals surface area (Å²) >= 11 is 0. The third kappa shape index (κ3) is 7.80. The number of carbonyl (C=O) groups is 2. The van der Waals surface area contributed by atoms with Crippen LogP contribution in [0.1, 0.15) is 38.2 Å². The van der Waals surface area contributed by atoms with Crippen molar-refractivity contribution in [1.82, 2.24) is 19.8 Å². The van der Waals surface area contributed by atoms with Crippen LogP contribution in [0, 0.1) is 5.92 Å². The van der Waals surface area contributed by atoms with Crippen molar-refractivity contribution >= 4 is 27.5 Å².